The Hall–Kier alpha value is -1.65. The Bertz CT molecular complexity index is 410. The summed E-state index contributed by atoms with van der Waals surface area (Å²) in [6.45, 7) is 2.99. The fraction of sp³-hybridized carbons (Fsp3) is 0.643. The van der Waals surface area contributed by atoms with Gasteiger partial charge in [-0.3, -0.25) is 4.79 Å². The minimum atomic E-state index is -0.162. The molecule has 3 N–H and O–H groups in total. The summed E-state index contributed by atoms with van der Waals surface area (Å²) < 4.78 is 0. The third-order valence-electron chi connectivity index (χ3n) is 4.00. The highest BCUT2D eigenvalue weighted by Gasteiger charge is 2.20. The summed E-state index contributed by atoms with van der Waals surface area (Å²) in [4.78, 5) is 19.7. The first kappa shape index (κ1) is 13.8. The highest BCUT2D eigenvalue weighted by molar-refractivity contribution is 5.91. The summed E-state index contributed by atoms with van der Waals surface area (Å²) in [6.07, 6.45) is 9.11. The first-order valence-electron chi connectivity index (χ1n) is 7.04. The van der Waals surface area contributed by atoms with E-state index < -0.39 is 0 Å². The number of carbonyl (C=O) groups excluding carboxylic acids is 1. The highest BCUT2D eigenvalue weighted by atomic mass is 16.1. The van der Waals surface area contributed by atoms with Gasteiger partial charge in [0.05, 0.1) is 12.4 Å². The van der Waals surface area contributed by atoms with Crippen molar-refractivity contribution in [2.24, 2.45) is 11.8 Å². The maximum absolute atomic E-state index is 11.9. The number of rotatable bonds is 4. The molecule has 1 aromatic heterocycles. The van der Waals surface area contributed by atoms with Crippen LogP contribution in [0.25, 0.3) is 0 Å². The van der Waals surface area contributed by atoms with Crippen molar-refractivity contribution < 1.29 is 4.79 Å². The predicted molar refractivity (Wildman–Crippen MR) is 74.5 cm³/mol. The lowest BCUT2D eigenvalue weighted by Crippen LogP contribution is -2.31. The minimum Gasteiger partial charge on any atom is -0.382 e. The number of hydrogen-bond acceptors (Lipinski definition) is 4. The second kappa shape index (κ2) is 6.50. The number of aromatic nitrogens is 2. The Morgan fingerprint density at radius 2 is 1.95 bits per heavy atom. The van der Waals surface area contributed by atoms with Crippen molar-refractivity contribution in [3.8, 4) is 0 Å². The van der Waals surface area contributed by atoms with Crippen molar-refractivity contribution >= 4 is 11.7 Å². The van der Waals surface area contributed by atoms with Crippen molar-refractivity contribution in [3.05, 3.63) is 18.1 Å². The Balaban J connectivity index is 1.76. The van der Waals surface area contributed by atoms with E-state index in [-0.39, 0.29) is 5.91 Å². The zero-order valence-electron chi connectivity index (χ0n) is 11.4. The summed E-state index contributed by atoms with van der Waals surface area (Å²) in [5.74, 6) is 1.66. The number of amides is 1. The molecule has 1 aliphatic rings. The summed E-state index contributed by atoms with van der Waals surface area (Å²) in [5.41, 5.74) is 5.77. The normalized spacial score (nSPS) is 23.0. The first-order valence-corrected chi connectivity index (χ1v) is 7.04. The smallest absolute Gasteiger partial charge is 0.271 e. The van der Waals surface area contributed by atoms with Crippen LogP contribution in [0.4, 0.5) is 5.82 Å². The van der Waals surface area contributed by atoms with Crippen molar-refractivity contribution in [1.29, 1.82) is 0 Å². The molecule has 1 aliphatic carbocycles. The van der Waals surface area contributed by atoms with E-state index in [9.17, 15) is 4.79 Å². The second-order valence-corrected chi connectivity index (χ2v) is 5.33. The lowest BCUT2D eigenvalue weighted by Gasteiger charge is -2.27. The number of nitrogens with zero attached hydrogens (tertiary/aromatic N) is 2. The summed E-state index contributed by atoms with van der Waals surface area (Å²) >= 11 is 0. The molecule has 1 fully saturated rings. The molecule has 0 unspecified atom stereocenters. The quantitative estimate of drug-likeness (QED) is 0.869. The van der Waals surface area contributed by atoms with Gasteiger partial charge in [-0.1, -0.05) is 26.2 Å². The van der Waals surface area contributed by atoms with Gasteiger partial charge in [0.15, 0.2) is 0 Å². The number of nitrogens with two attached hydrogens (primary N) is 1. The van der Waals surface area contributed by atoms with Crippen LogP contribution < -0.4 is 11.1 Å². The van der Waals surface area contributed by atoms with Crippen LogP contribution in [-0.2, 0) is 0 Å². The molecule has 2 rings (SSSR count). The first-order chi connectivity index (χ1) is 9.19. The lowest BCUT2D eigenvalue weighted by atomic mass is 9.81. The molecule has 0 spiro atoms. The monoisotopic (exact) mass is 262 g/mol. The van der Waals surface area contributed by atoms with Gasteiger partial charge in [0.2, 0.25) is 0 Å². The summed E-state index contributed by atoms with van der Waals surface area (Å²) in [6, 6.07) is 0. The lowest BCUT2D eigenvalue weighted by molar-refractivity contribution is 0.0936. The van der Waals surface area contributed by atoms with E-state index in [1.807, 2.05) is 0 Å². The van der Waals surface area contributed by atoms with Gasteiger partial charge in [0.25, 0.3) is 5.91 Å². The molecule has 0 bridgehead atoms. The van der Waals surface area contributed by atoms with Crippen molar-refractivity contribution in [2.75, 3.05) is 12.3 Å². The molecular weight excluding hydrogens is 240 g/mol. The van der Waals surface area contributed by atoms with E-state index in [1.165, 1.54) is 44.5 Å². The van der Waals surface area contributed by atoms with Gasteiger partial charge in [-0.05, 0) is 24.7 Å². The Kier molecular flexibility index (Phi) is 4.71. The predicted octanol–water partition coefficient (Wildman–Crippen LogP) is 2.00. The van der Waals surface area contributed by atoms with E-state index in [2.05, 4.69) is 22.2 Å². The molecule has 1 saturated carbocycles. The maximum Gasteiger partial charge on any atom is 0.271 e. The van der Waals surface area contributed by atoms with Crippen molar-refractivity contribution in [1.82, 2.24) is 15.3 Å². The number of carbonyl (C=O) groups is 1. The average Bonchev–Trinajstić information content (AvgIpc) is 2.46. The Labute approximate surface area is 114 Å². The van der Waals surface area contributed by atoms with Crippen LogP contribution in [0.15, 0.2) is 12.4 Å². The van der Waals surface area contributed by atoms with E-state index in [1.54, 1.807) is 0 Å². The van der Waals surface area contributed by atoms with Crippen molar-refractivity contribution in [2.45, 2.75) is 39.0 Å². The Morgan fingerprint density at radius 1 is 1.26 bits per heavy atom. The molecule has 0 aliphatic heterocycles. The van der Waals surface area contributed by atoms with Crippen LogP contribution in [0.1, 0.15) is 49.5 Å². The summed E-state index contributed by atoms with van der Waals surface area (Å²) in [5, 5.41) is 2.94. The molecule has 1 heterocycles. The van der Waals surface area contributed by atoms with E-state index in [0.29, 0.717) is 17.4 Å². The fourth-order valence-electron chi connectivity index (χ4n) is 2.63. The molecular formula is C14H22N4O. The van der Waals surface area contributed by atoms with Gasteiger partial charge in [-0.15, -0.1) is 0 Å². The van der Waals surface area contributed by atoms with Gasteiger partial charge < -0.3 is 11.1 Å². The second-order valence-electron chi connectivity index (χ2n) is 5.33. The van der Waals surface area contributed by atoms with Crippen LogP contribution in [0, 0.1) is 11.8 Å². The number of hydrogen-bond donors (Lipinski definition) is 2. The zero-order chi connectivity index (χ0) is 13.7. The molecule has 0 saturated heterocycles. The van der Waals surface area contributed by atoms with E-state index >= 15 is 0 Å². The molecule has 5 nitrogen and oxygen atoms in total. The highest BCUT2D eigenvalue weighted by Crippen LogP contribution is 2.30. The number of anilines is 1. The van der Waals surface area contributed by atoms with Gasteiger partial charge >= 0.3 is 0 Å². The summed E-state index contributed by atoms with van der Waals surface area (Å²) in [7, 11) is 0. The fourth-order valence-corrected chi connectivity index (χ4v) is 2.63. The molecule has 0 atom stereocenters. The molecule has 1 amide bonds. The van der Waals surface area contributed by atoms with E-state index in [0.717, 1.165) is 12.5 Å². The van der Waals surface area contributed by atoms with Gasteiger partial charge in [0.1, 0.15) is 11.5 Å². The third kappa shape index (κ3) is 3.91. The number of nitrogens with one attached hydrogen (secondary N) is 1. The Morgan fingerprint density at radius 3 is 2.53 bits per heavy atom. The molecule has 1 aromatic rings. The van der Waals surface area contributed by atoms with Crippen LogP contribution in [-0.4, -0.2) is 22.4 Å². The molecule has 104 valence electrons. The third-order valence-corrected chi connectivity index (χ3v) is 4.00. The van der Waals surface area contributed by atoms with Gasteiger partial charge in [0, 0.05) is 6.54 Å². The molecule has 0 radical (unpaired) electrons. The number of nitrogen functional groups attached to an aromatic ring is 1. The van der Waals surface area contributed by atoms with E-state index in [4.69, 9.17) is 5.73 Å². The average molecular weight is 262 g/mol. The van der Waals surface area contributed by atoms with Crippen LogP contribution in [0.5, 0.6) is 0 Å². The van der Waals surface area contributed by atoms with Crippen LogP contribution in [0.2, 0.25) is 0 Å². The maximum atomic E-state index is 11.9. The van der Waals surface area contributed by atoms with Crippen LogP contribution >= 0.6 is 0 Å². The van der Waals surface area contributed by atoms with Crippen LogP contribution in [0.3, 0.4) is 0 Å². The van der Waals surface area contributed by atoms with Gasteiger partial charge in [-0.2, -0.15) is 0 Å². The molecule has 5 heteroatoms. The molecule has 19 heavy (non-hydrogen) atoms. The standard InChI is InChI=1S/C14H22N4O/c1-2-10-3-5-11(6-4-10)7-18-14(19)12-8-17-13(15)9-16-12/h8-11H,2-7H2,1H3,(H2,15,17)(H,18,19). The topological polar surface area (TPSA) is 80.9 Å². The largest absolute Gasteiger partial charge is 0.382 e. The SMILES string of the molecule is CCC1CCC(CNC(=O)c2cnc(N)cn2)CC1. The van der Waals surface area contributed by atoms with Crippen molar-refractivity contribution in [3.63, 3.8) is 0 Å². The minimum absolute atomic E-state index is 0.162. The zero-order valence-corrected chi connectivity index (χ0v) is 11.4. The molecule has 0 aromatic carbocycles. The van der Waals surface area contributed by atoms with Gasteiger partial charge in [-0.25, -0.2) is 9.97 Å².